The Morgan fingerprint density at radius 2 is 2.19 bits per heavy atom. The molecule has 116 valence electrons. The van der Waals surface area contributed by atoms with E-state index in [9.17, 15) is 4.79 Å². The number of nitrogens with two attached hydrogens (primary N) is 1. The first-order chi connectivity index (χ1) is 10.1. The van der Waals surface area contributed by atoms with Crippen LogP contribution < -0.4 is 16.0 Å². The van der Waals surface area contributed by atoms with Crippen molar-refractivity contribution in [1.29, 1.82) is 0 Å². The van der Waals surface area contributed by atoms with Crippen LogP contribution in [0.25, 0.3) is 0 Å². The molecular weight excluding hydrogens is 270 g/mol. The second kappa shape index (κ2) is 7.21. The smallest absolute Gasteiger partial charge is 0.217 e. The van der Waals surface area contributed by atoms with E-state index in [1.54, 1.807) is 7.11 Å². The molecule has 0 saturated carbocycles. The number of methoxy groups -OCH3 is 1. The molecule has 0 radical (unpaired) electrons. The quantitative estimate of drug-likeness (QED) is 0.804. The average Bonchev–Trinajstić information content (AvgIpc) is 2.47. The Morgan fingerprint density at radius 1 is 1.48 bits per heavy atom. The zero-order chi connectivity index (χ0) is 15.2. The van der Waals surface area contributed by atoms with Gasteiger partial charge in [-0.15, -0.1) is 0 Å². The van der Waals surface area contributed by atoms with E-state index in [-0.39, 0.29) is 5.91 Å². The molecule has 1 amide bonds. The number of hydrogen-bond donors (Lipinski definition) is 2. The summed E-state index contributed by atoms with van der Waals surface area (Å²) in [5.74, 6) is 2.53. The fourth-order valence-electron chi connectivity index (χ4n) is 2.62. The van der Waals surface area contributed by atoms with E-state index in [2.05, 4.69) is 20.2 Å². The van der Waals surface area contributed by atoms with E-state index in [4.69, 9.17) is 10.5 Å². The molecule has 1 aromatic rings. The molecule has 1 aromatic heterocycles. The first-order valence-corrected chi connectivity index (χ1v) is 7.20. The molecule has 2 rings (SSSR count). The fourth-order valence-corrected chi connectivity index (χ4v) is 2.62. The van der Waals surface area contributed by atoms with Gasteiger partial charge >= 0.3 is 0 Å². The number of carbonyl (C=O) groups is 1. The summed E-state index contributed by atoms with van der Waals surface area (Å²) in [6.07, 6.45) is 2.40. The van der Waals surface area contributed by atoms with Crippen molar-refractivity contribution < 1.29 is 9.53 Å². The number of nitrogens with one attached hydrogen (secondary N) is 1. The van der Waals surface area contributed by atoms with Crippen LogP contribution in [-0.4, -0.2) is 43.1 Å². The topological polar surface area (TPSA) is 93.4 Å². The molecule has 0 aliphatic carbocycles. The summed E-state index contributed by atoms with van der Waals surface area (Å²) in [6.45, 7) is 2.15. The van der Waals surface area contributed by atoms with E-state index in [1.165, 1.54) is 0 Å². The largest absolute Gasteiger partial charge is 0.377 e. The molecule has 3 N–H and O–H groups in total. The number of primary amides is 1. The molecule has 21 heavy (non-hydrogen) atoms. The van der Waals surface area contributed by atoms with Gasteiger partial charge in [-0.1, -0.05) is 0 Å². The van der Waals surface area contributed by atoms with Crippen molar-refractivity contribution in [3.8, 4) is 0 Å². The maximum Gasteiger partial charge on any atom is 0.217 e. The third kappa shape index (κ3) is 4.29. The Labute approximate surface area is 124 Å². The standard InChI is InChI=1S/C14H23N5O2/c1-16-12-8-14(18-13(17-12)9-21-2)19-5-3-10(4-6-19)7-11(15)20/h8,10H,3-7,9H2,1-2H3,(H2,15,20)(H,16,17,18). The number of anilines is 2. The lowest BCUT2D eigenvalue weighted by molar-refractivity contribution is -0.119. The molecule has 1 aliphatic heterocycles. The van der Waals surface area contributed by atoms with Gasteiger partial charge in [0.2, 0.25) is 5.91 Å². The lowest BCUT2D eigenvalue weighted by atomic mass is 9.93. The van der Waals surface area contributed by atoms with E-state index < -0.39 is 0 Å². The van der Waals surface area contributed by atoms with Gasteiger partial charge in [0.25, 0.3) is 0 Å². The molecular formula is C14H23N5O2. The summed E-state index contributed by atoms with van der Waals surface area (Å²) < 4.78 is 5.11. The van der Waals surface area contributed by atoms with Crippen molar-refractivity contribution in [2.24, 2.45) is 11.7 Å². The summed E-state index contributed by atoms with van der Waals surface area (Å²) in [5, 5.41) is 3.05. The maximum atomic E-state index is 11.0. The minimum Gasteiger partial charge on any atom is -0.377 e. The lowest BCUT2D eigenvalue weighted by Crippen LogP contribution is -2.35. The molecule has 2 heterocycles. The van der Waals surface area contributed by atoms with Crippen LogP contribution >= 0.6 is 0 Å². The van der Waals surface area contributed by atoms with Gasteiger partial charge in [0, 0.05) is 39.7 Å². The number of nitrogens with zero attached hydrogens (tertiary/aromatic N) is 3. The first-order valence-electron chi connectivity index (χ1n) is 7.20. The van der Waals surface area contributed by atoms with E-state index >= 15 is 0 Å². The number of piperidine rings is 1. The highest BCUT2D eigenvalue weighted by Gasteiger charge is 2.22. The zero-order valence-electron chi connectivity index (χ0n) is 12.6. The minimum absolute atomic E-state index is 0.213. The van der Waals surface area contributed by atoms with Gasteiger partial charge in [-0.3, -0.25) is 4.79 Å². The minimum atomic E-state index is -0.213. The van der Waals surface area contributed by atoms with Crippen LogP contribution in [0.5, 0.6) is 0 Å². The molecule has 7 heteroatoms. The Morgan fingerprint density at radius 3 is 2.76 bits per heavy atom. The number of hydrogen-bond acceptors (Lipinski definition) is 6. The zero-order valence-corrected chi connectivity index (χ0v) is 12.6. The van der Waals surface area contributed by atoms with Crippen LogP contribution in [0.2, 0.25) is 0 Å². The first kappa shape index (κ1) is 15.5. The maximum absolute atomic E-state index is 11.0. The van der Waals surface area contributed by atoms with Crippen molar-refractivity contribution in [1.82, 2.24) is 9.97 Å². The number of rotatable bonds is 6. The molecule has 0 atom stereocenters. The number of carbonyl (C=O) groups excluding carboxylic acids is 1. The van der Waals surface area contributed by atoms with Crippen molar-refractivity contribution in [3.05, 3.63) is 11.9 Å². The third-order valence-corrected chi connectivity index (χ3v) is 3.72. The number of aromatic nitrogens is 2. The monoisotopic (exact) mass is 293 g/mol. The molecule has 1 saturated heterocycles. The molecule has 0 unspecified atom stereocenters. The number of ether oxygens (including phenoxy) is 1. The van der Waals surface area contributed by atoms with Crippen molar-refractivity contribution in [3.63, 3.8) is 0 Å². The highest BCUT2D eigenvalue weighted by atomic mass is 16.5. The molecule has 1 aliphatic rings. The molecule has 0 bridgehead atoms. The van der Waals surface area contributed by atoms with Crippen LogP contribution in [0, 0.1) is 5.92 Å². The van der Waals surface area contributed by atoms with Crippen LogP contribution in [0.15, 0.2) is 6.07 Å². The van der Waals surface area contributed by atoms with Crippen molar-refractivity contribution in [2.75, 3.05) is 37.5 Å². The second-order valence-electron chi connectivity index (χ2n) is 5.31. The van der Waals surface area contributed by atoms with E-state index in [0.717, 1.165) is 37.6 Å². The van der Waals surface area contributed by atoms with Gasteiger partial charge < -0.3 is 20.7 Å². The van der Waals surface area contributed by atoms with Crippen LogP contribution in [0.4, 0.5) is 11.6 Å². The highest BCUT2D eigenvalue weighted by Crippen LogP contribution is 2.25. The van der Waals surface area contributed by atoms with Crippen molar-refractivity contribution in [2.45, 2.75) is 25.9 Å². The van der Waals surface area contributed by atoms with Gasteiger partial charge in [0.15, 0.2) is 5.82 Å². The average molecular weight is 293 g/mol. The van der Waals surface area contributed by atoms with Gasteiger partial charge in [0.1, 0.15) is 18.2 Å². The lowest BCUT2D eigenvalue weighted by Gasteiger charge is -2.32. The van der Waals surface area contributed by atoms with Crippen LogP contribution in [0.1, 0.15) is 25.1 Å². The fraction of sp³-hybridized carbons (Fsp3) is 0.643. The van der Waals surface area contributed by atoms with Gasteiger partial charge in [-0.25, -0.2) is 9.97 Å². The molecule has 7 nitrogen and oxygen atoms in total. The predicted molar refractivity (Wildman–Crippen MR) is 81.0 cm³/mol. The summed E-state index contributed by atoms with van der Waals surface area (Å²) in [5.41, 5.74) is 5.26. The normalized spacial score (nSPS) is 16.0. The summed E-state index contributed by atoms with van der Waals surface area (Å²) in [7, 11) is 3.46. The van der Waals surface area contributed by atoms with Gasteiger partial charge in [-0.05, 0) is 18.8 Å². The van der Waals surface area contributed by atoms with Crippen LogP contribution in [0.3, 0.4) is 0 Å². The molecule has 0 spiro atoms. The Balaban J connectivity index is 2.05. The summed E-state index contributed by atoms with van der Waals surface area (Å²) in [4.78, 5) is 22.1. The van der Waals surface area contributed by atoms with Gasteiger partial charge in [-0.2, -0.15) is 0 Å². The highest BCUT2D eigenvalue weighted by molar-refractivity contribution is 5.74. The Bertz CT molecular complexity index is 486. The second-order valence-corrected chi connectivity index (χ2v) is 5.31. The van der Waals surface area contributed by atoms with Crippen molar-refractivity contribution >= 4 is 17.5 Å². The van der Waals surface area contributed by atoms with Crippen LogP contribution in [-0.2, 0) is 16.1 Å². The van der Waals surface area contributed by atoms with Gasteiger partial charge in [0.05, 0.1) is 0 Å². The predicted octanol–water partition coefficient (Wildman–Crippen LogP) is 0.756. The molecule has 0 aromatic carbocycles. The molecule has 1 fully saturated rings. The van der Waals surface area contributed by atoms with E-state index in [0.29, 0.717) is 24.8 Å². The Hall–Kier alpha value is -1.89. The SMILES string of the molecule is CNc1cc(N2CCC(CC(N)=O)CC2)nc(COC)n1. The summed E-state index contributed by atoms with van der Waals surface area (Å²) >= 11 is 0. The van der Waals surface area contributed by atoms with E-state index in [1.807, 2.05) is 13.1 Å². The number of amides is 1. The third-order valence-electron chi connectivity index (χ3n) is 3.72. The summed E-state index contributed by atoms with van der Waals surface area (Å²) in [6, 6.07) is 1.94. The Kier molecular flexibility index (Phi) is 5.32.